The molecule has 0 spiro atoms. The van der Waals surface area contributed by atoms with E-state index in [0.29, 0.717) is 5.92 Å². The van der Waals surface area contributed by atoms with Crippen LogP contribution in [0, 0.1) is 0 Å². The second kappa shape index (κ2) is 5.19. The number of furan rings is 1. The Kier molecular flexibility index (Phi) is 3.40. The van der Waals surface area contributed by atoms with Gasteiger partial charge in [0, 0.05) is 56.5 Å². The number of aromatic nitrogens is 2. The van der Waals surface area contributed by atoms with Crippen molar-refractivity contribution in [1.29, 1.82) is 0 Å². The average molecular weight is 261 g/mol. The van der Waals surface area contributed by atoms with Crippen molar-refractivity contribution in [3.63, 3.8) is 0 Å². The first-order valence-corrected chi connectivity index (χ1v) is 6.51. The predicted octanol–water partition coefficient (Wildman–Crippen LogP) is 1.76. The molecule has 102 valence electrons. The summed E-state index contributed by atoms with van der Waals surface area (Å²) >= 11 is 0. The molecule has 0 aromatic carbocycles. The Morgan fingerprint density at radius 1 is 1.53 bits per heavy atom. The summed E-state index contributed by atoms with van der Waals surface area (Å²) < 4.78 is 12.5. The Bertz CT molecular complexity index is 533. The van der Waals surface area contributed by atoms with Crippen LogP contribution in [-0.2, 0) is 24.9 Å². The summed E-state index contributed by atoms with van der Waals surface area (Å²) in [5.74, 6) is 0.383. The van der Waals surface area contributed by atoms with Gasteiger partial charge in [-0.25, -0.2) is 0 Å². The maximum absolute atomic E-state index is 5.36. The summed E-state index contributed by atoms with van der Waals surface area (Å²) in [4.78, 5) is 2.42. The van der Waals surface area contributed by atoms with Gasteiger partial charge in [0.15, 0.2) is 0 Å². The maximum Gasteiger partial charge on any atom is 0.0947 e. The molecule has 5 heteroatoms. The van der Waals surface area contributed by atoms with Crippen LogP contribution in [-0.4, -0.2) is 34.9 Å². The van der Waals surface area contributed by atoms with Crippen LogP contribution in [0.2, 0.25) is 0 Å². The van der Waals surface area contributed by atoms with Gasteiger partial charge in [-0.05, 0) is 6.07 Å². The Hall–Kier alpha value is -1.59. The fourth-order valence-corrected chi connectivity index (χ4v) is 2.94. The summed E-state index contributed by atoms with van der Waals surface area (Å²) in [6.07, 6.45) is 5.50. The number of hydrogen-bond acceptors (Lipinski definition) is 4. The first kappa shape index (κ1) is 12.4. The Labute approximate surface area is 112 Å². The van der Waals surface area contributed by atoms with E-state index >= 15 is 0 Å². The normalized spacial score (nSPS) is 19.6. The largest absolute Gasteiger partial charge is 0.472 e. The van der Waals surface area contributed by atoms with Gasteiger partial charge >= 0.3 is 0 Å². The topological polar surface area (TPSA) is 43.4 Å². The van der Waals surface area contributed by atoms with Crippen molar-refractivity contribution >= 4 is 0 Å². The zero-order chi connectivity index (χ0) is 13.2. The molecule has 3 heterocycles. The van der Waals surface area contributed by atoms with Crippen molar-refractivity contribution in [2.45, 2.75) is 19.0 Å². The number of nitrogens with zero attached hydrogens (tertiary/aromatic N) is 3. The van der Waals surface area contributed by atoms with Crippen molar-refractivity contribution in [2.75, 3.05) is 20.3 Å². The smallest absolute Gasteiger partial charge is 0.0947 e. The minimum Gasteiger partial charge on any atom is -0.472 e. The van der Waals surface area contributed by atoms with E-state index in [2.05, 4.69) is 10.00 Å². The van der Waals surface area contributed by atoms with Crippen LogP contribution in [0.3, 0.4) is 0 Å². The highest BCUT2D eigenvalue weighted by molar-refractivity contribution is 5.25. The van der Waals surface area contributed by atoms with Crippen LogP contribution in [0.4, 0.5) is 0 Å². The molecule has 2 aromatic rings. The predicted molar refractivity (Wildman–Crippen MR) is 70.6 cm³/mol. The highest BCUT2D eigenvalue weighted by atomic mass is 16.5. The van der Waals surface area contributed by atoms with Gasteiger partial charge in [0.05, 0.1) is 25.3 Å². The minimum atomic E-state index is 0.383. The van der Waals surface area contributed by atoms with Gasteiger partial charge in [-0.15, -0.1) is 0 Å². The lowest BCUT2D eigenvalue weighted by molar-refractivity contribution is 0.132. The SMILES string of the molecule is COCC1CN(Cc2ccoc2)Cc2cnn(C)c21. The van der Waals surface area contributed by atoms with Gasteiger partial charge in [0.2, 0.25) is 0 Å². The number of aryl methyl sites for hydroxylation is 1. The fourth-order valence-electron chi connectivity index (χ4n) is 2.94. The summed E-state index contributed by atoms with van der Waals surface area (Å²) in [7, 11) is 3.76. The molecule has 0 saturated heterocycles. The van der Waals surface area contributed by atoms with Gasteiger partial charge < -0.3 is 9.15 Å². The molecule has 1 unspecified atom stereocenters. The second-order valence-electron chi connectivity index (χ2n) is 5.13. The average Bonchev–Trinajstić information content (AvgIpc) is 3.00. The Morgan fingerprint density at radius 2 is 2.42 bits per heavy atom. The van der Waals surface area contributed by atoms with E-state index < -0.39 is 0 Å². The van der Waals surface area contributed by atoms with Crippen molar-refractivity contribution in [3.05, 3.63) is 41.6 Å². The third-order valence-electron chi connectivity index (χ3n) is 3.68. The van der Waals surface area contributed by atoms with Gasteiger partial charge in [-0.2, -0.15) is 5.10 Å². The third kappa shape index (κ3) is 2.43. The molecule has 2 aromatic heterocycles. The number of ether oxygens (including phenoxy) is 1. The van der Waals surface area contributed by atoms with E-state index in [1.807, 2.05) is 30.3 Å². The molecule has 1 aliphatic rings. The van der Waals surface area contributed by atoms with Crippen molar-refractivity contribution < 1.29 is 9.15 Å². The zero-order valence-electron chi connectivity index (χ0n) is 11.4. The number of fused-ring (bicyclic) bond motifs is 1. The highest BCUT2D eigenvalue weighted by Crippen LogP contribution is 2.28. The zero-order valence-corrected chi connectivity index (χ0v) is 11.4. The lowest BCUT2D eigenvalue weighted by Crippen LogP contribution is -2.35. The molecule has 0 fully saturated rings. The van der Waals surface area contributed by atoms with Crippen molar-refractivity contribution in [3.8, 4) is 0 Å². The standard InChI is InChI=1S/C14H19N3O2/c1-16-14-12(5-15-16)7-17(8-13(14)10-18-2)6-11-3-4-19-9-11/h3-5,9,13H,6-8,10H2,1-2H3. The quantitative estimate of drug-likeness (QED) is 0.841. The van der Waals surface area contributed by atoms with Gasteiger partial charge in [0.25, 0.3) is 0 Å². The summed E-state index contributed by atoms with van der Waals surface area (Å²) in [6, 6.07) is 2.02. The molecule has 19 heavy (non-hydrogen) atoms. The molecule has 5 nitrogen and oxygen atoms in total. The molecule has 0 bridgehead atoms. The second-order valence-corrected chi connectivity index (χ2v) is 5.13. The van der Waals surface area contributed by atoms with Gasteiger partial charge in [0.1, 0.15) is 0 Å². The van der Waals surface area contributed by atoms with Gasteiger partial charge in [-0.3, -0.25) is 9.58 Å². The molecule has 0 N–H and O–H groups in total. The number of rotatable bonds is 4. The van der Waals surface area contributed by atoms with Crippen LogP contribution in [0.5, 0.6) is 0 Å². The van der Waals surface area contributed by atoms with Crippen molar-refractivity contribution in [2.24, 2.45) is 7.05 Å². The molecule has 1 atom stereocenters. The third-order valence-corrected chi connectivity index (χ3v) is 3.68. The van der Waals surface area contributed by atoms with Crippen LogP contribution in [0.1, 0.15) is 22.7 Å². The molecular weight excluding hydrogens is 242 g/mol. The van der Waals surface area contributed by atoms with E-state index in [-0.39, 0.29) is 0 Å². The maximum atomic E-state index is 5.36. The minimum absolute atomic E-state index is 0.383. The molecule has 3 rings (SSSR count). The fraction of sp³-hybridized carbons (Fsp3) is 0.500. The first-order valence-electron chi connectivity index (χ1n) is 6.51. The van der Waals surface area contributed by atoms with E-state index in [0.717, 1.165) is 26.2 Å². The summed E-state index contributed by atoms with van der Waals surface area (Å²) in [6.45, 7) is 3.57. The van der Waals surface area contributed by atoms with E-state index in [1.165, 1.54) is 16.8 Å². The summed E-state index contributed by atoms with van der Waals surface area (Å²) in [5, 5.41) is 4.38. The van der Waals surface area contributed by atoms with Gasteiger partial charge in [-0.1, -0.05) is 0 Å². The molecule has 0 aliphatic carbocycles. The van der Waals surface area contributed by atoms with E-state index in [4.69, 9.17) is 9.15 Å². The Balaban J connectivity index is 1.80. The molecule has 0 radical (unpaired) electrons. The van der Waals surface area contributed by atoms with Crippen LogP contribution in [0.15, 0.2) is 29.2 Å². The molecule has 0 saturated carbocycles. The molecule has 0 amide bonds. The monoisotopic (exact) mass is 261 g/mol. The van der Waals surface area contributed by atoms with Crippen LogP contribution >= 0.6 is 0 Å². The first-order chi connectivity index (χ1) is 9.28. The lowest BCUT2D eigenvalue weighted by Gasteiger charge is -2.32. The molecular formula is C14H19N3O2. The Morgan fingerprint density at radius 3 is 3.16 bits per heavy atom. The lowest BCUT2D eigenvalue weighted by atomic mass is 9.96. The number of methoxy groups -OCH3 is 1. The van der Waals surface area contributed by atoms with E-state index in [9.17, 15) is 0 Å². The highest BCUT2D eigenvalue weighted by Gasteiger charge is 2.28. The van der Waals surface area contributed by atoms with Crippen LogP contribution in [0.25, 0.3) is 0 Å². The van der Waals surface area contributed by atoms with Crippen LogP contribution < -0.4 is 0 Å². The molecule has 1 aliphatic heterocycles. The van der Waals surface area contributed by atoms with Crippen molar-refractivity contribution in [1.82, 2.24) is 14.7 Å². The number of hydrogen-bond donors (Lipinski definition) is 0. The summed E-state index contributed by atoms with van der Waals surface area (Å²) in [5.41, 5.74) is 3.83. The van der Waals surface area contributed by atoms with E-state index in [1.54, 1.807) is 13.4 Å².